The summed E-state index contributed by atoms with van der Waals surface area (Å²) in [5, 5.41) is 8.80. The van der Waals surface area contributed by atoms with Crippen LogP contribution in [0.25, 0.3) is 0 Å². The molecule has 0 saturated heterocycles. The van der Waals surface area contributed by atoms with Crippen LogP contribution in [0.3, 0.4) is 0 Å². The van der Waals surface area contributed by atoms with Crippen molar-refractivity contribution in [3.63, 3.8) is 0 Å². The number of hydrogen-bond donors (Lipinski definition) is 1. The molecular weight excluding hydrogens is 198 g/mol. The van der Waals surface area contributed by atoms with Crippen molar-refractivity contribution in [1.29, 1.82) is 0 Å². The summed E-state index contributed by atoms with van der Waals surface area (Å²) in [5.41, 5.74) is -1.12. The van der Waals surface area contributed by atoms with E-state index in [1.807, 2.05) is 0 Å². The molecule has 82 valence electrons. The van der Waals surface area contributed by atoms with Crippen LogP contribution in [0.15, 0.2) is 11.1 Å². The van der Waals surface area contributed by atoms with Gasteiger partial charge in [-0.25, -0.2) is 4.79 Å². The first kappa shape index (κ1) is 11.4. The van der Waals surface area contributed by atoms with E-state index in [9.17, 15) is 14.4 Å². The van der Waals surface area contributed by atoms with Crippen LogP contribution in [-0.2, 0) is 14.4 Å². The van der Waals surface area contributed by atoms with Gasteiger partial charge in [-0.2, -0.15) is 0 Å². The normalized spacial score (nSPS) is 17.7. The number of carboxylic acids is 1. The summed E-state index contributed by atoms with van der Waals surface area (Å²) in [4.78, 5) is 35.1. The second kappa shape index (κ2) is 3.18. The van der Waals surface area contributed by atoms with E-state index >= 15 is 0 Å². The number of carbonyl (C=O) groups excluding carboxylic acids is 2. The lowest BCUT2D eigenvalue weighted by Crippen LogP contribution is -2.46. The fourth-order valence-electron chi connectivity index (χ4n) is 1.50. The van der Waals surface area contributed by atoms with Gasteiger partial charge in [-0.1, -0.05) is 0 Å². The third-order valence-electron chi connectivity index (χ3n) is 2.20. The van der Waals surface area contributed by atoms with Gasteiger partial charge in [-0.15, -0.1) is 0 Å². The van der Waals surface area contributed by atoms with Crippen molar-refractivity contribution in [2.75, 3.05) is 0 Å². The molecule has 0 fully saturated rings. The number of nitrogens with zero attached hydrogens (tertiary/aromatic N) is 1. The lowest BCUT2D eigenvalue weighted by atomic mass is 10.1. The van der Waals surface area contributed by atoms with Crippen molar-refractivity contribution in [1.82, 2.24) is 4.90 Å². The first-order valence-corrected chi connectivity index (χ1v) is 4.51. The fraction of sp³-hybridized carbons (Fsp3) is 0.500. The second-order valence-electron chi connectivity index (χ2n) is 4.42. The SMILES string of the molecule is CC1=C(C(=O)O)C(=O)N(C(C)(C)C)C1=O. The minimum Gasteiger partial charge on any atom is -0.477 e. The van der Waals surface area contributed by atoms with E-state index in [1.165, 1.54) is 6.92 Å². The Morgan fingerprint density at radius 1 is 1.20 bits per heavy atom. The summed E-state index contributed by atoms with van der Waals surface area (Å²) in [6.45, 7) is 6.40. The molecule has 0 aliphatic carbocycles. The van der Waals surface area contributed by atoms with Crippen LogP contribution >= 0.6 is 0 Å². The molecule has 0 aromatic heterocycles. The van der Waals surface area contributed by atoms with Crippen molar-refractivity contribution >= 4 is 17.8 Å². The molecule has 0 spiro atoms. The summed E-state index contributed by atoms with van der Waals surface area (Å²) in [5.74, 6) is -2.60. The molecule has 15 heavy (non-hydrogen) atoms. The van der Waals surface area contributed by atoms with Crippen molar-refractivity contribution < 1.29 is 19.5 Å². The Kier molecular flexibility index (Phi) is 2.43. The Hall–Kier alpha value is -1.65. The van der Waals surface area contributed by atoms with E-state index in [-0.39, 0.29) is 5.57 Å². The number of carbonyl (C=O) groups is 3. The van der Waals surface area contributed by atoms with Crippen LogP contribution in [0.4, 0.5) is 0 Å². The second-order valence-corrected chi connectivity index (χ2v) is 4.42. The molecule has 0 saturated carbocycles. The number of aliphatic carboxylic acids is 1. The molecule has 5 heteroatoms. The van der Waals surface area contributed by atoms with Gasteiger partial charge in [0, 0.05) is 11.1 Å². The molecule has 0 atom stereocenters. The zero-order valence-electron chi connectivity index (χ0n) is 9.12. The van der Waals surface area contributed by atoms with Crippen molar-refractivity contribution in [3.8, 4) is 0 Å². The van der Waals surface area contributed by atoms with E-state index in [2.05, 4.69) is 0 Å². The lowest BCUT2D eigenvalue weighted by molar-refractivity contribution is -0.144. The number of amides is 2. The Labute approximate surface area is 87.4 Å². The molecule has 1 aliphatic heterocycles. The van der Waals surface area contributed by atoms with Gasteiger partial charge in [-0.05, 0) is 27.7 Å². The average Bonchev–Trinajstić information content (AvgIpc) is 2.21. The first-order chi connectivity index (χ1) is 6.68. The summed E-state index contributed by atoms with van der Waals surface area (Å²) in [6, 6.07) is 0. The third kappa shape index (κ3) is 1.65. The molecule has 0 radical (unpaired) electrons. The number of imide groups is 1. The molecule has 1 rings (SSSR count). The predicted molar refractivity (Wildman–Crippen MR) is 51.9 cm³/mol. The molecular formula is C10H13NO4. The minimum absolute atomic E-state index is 0.00225. The van der Waals surface area contributed by atoms with Crippen LogP contribution in [0.2, 0.25) is 0 Å². The predicted octanol–water partition coefficient (Wildman–Crippen LogP) is 0.555. The van der Waals surface area contributed by atoms with Crippen LogP contribution in [0.5, 0.6) is 0 Å². The number of hydrogen-bond acceptors (Lipinski definition) is 3. The van der Waals surface area contributed by atoms with Crippen molar-refractivity contribution in [3.05, 3.63) is 11.1 Å². The highest BCUT2D eigenvalue weighted by atomic mass is 16.4. The first-order valence-electron chi connectivity index (χ1n) is 4.51. The van der Waals surface area contributed by atoms with E-state index in [4.69, 9.17) is 5.11 Å². The maximum atomic E-state index is 11.7. The smallest absolute Gasteiger partial charge is 0.341 e. The molecule has 1 aliphatic rings. The van der Waals surface area contributed by atoms with E-state index < -0.39 is 28.9 Å². The van der Waals surface area contributed by atoms with Gasteiger partial charge in [0.2, 0.25) is 0 Å². The van der Waals surface area contributed by atoms with E-state index in [0.29, 0.717) is 0 Å². The minimum atomic E-state index is -1.35. The van der Waals surface area contributed by atoms with Crippen LogP contribution in [0, 0.1) is 0 Å². The average molecular weight is 211 g/mol. The Morgan fingerprint density at radius 2 is 1.67 bits per heavy atom. The zero-order chi connectivity index (χ0) is 12.0. The monoisotopic (exact) mass is 211 g/mol. The Balaban J connectivity index is 3.24. The molecule has 0 aromatic carbocycles. The van der Waals surface area contributed by atoms with Crippen molar-refractivity contribution in [2.24, 2.45) is 0 Å². The quantitative estimate of drug-likeness (QED) is 0.508. The highest BCUT2D eigenvalue weighted by Gasteiger charge is 2.44. The highest BCUT2D eigenvalue weighted by molar-refractivity contribution is 6.30. The van der Waals surface area contributed by atoms with Crippen LogP contribution in [0.1, 0.15) is 27.7 Å². The molecule has 0 unspecified atom stereocenters. The Bertz CT molecular complexity index is 387. The highest BCUT2D eigenvalue weighted by Crippen LogP contribution is 2.27. The Morgan fingerprint density at radius 3 is 1.87 bits per heavy atom. The number of rotatable bonds is 1. The maximum Gasteiger partial charge on any atom is 0.341 e. The van der Waals surface area contributed by atoms with Gasteiger partial charge in [0.05, 0.1) is 0 Å². The lowest BCUT2D eigenvalue weighted by Gasteiger charge is -2.30. The van der Waals surface area contributed by atoms with Gasteiger partial charge in [0.15, 0.2) is 0 Å². The summed E-state index contributed by atoms with van der Waals surface area (Å²) >= 11 is 0. The summed E-state index contributed by atoms with van der Waals surface area (Å²) in [7, 11) is 0. The van der Waals surface area contributed by atoms with Crippen LogP contribution in [-0.4, -0.2) is 33.3 Å². The fourth-order valence-corrected chi connectivity index (χ4v) is 1.50. The topological polar surface area (TPSA) is 74.7 Å². The van der Waals surface area contributed by atoms with Gasteiger partial charge in [0.25, 0.3) is 11.8 Å². The summed E-state index contributed by atoms with van der Waals surface area (Å²) < 4.78 is 0. The third-order valence-corrected chi connectivity index (χ3v) is 2.20. The van der Waals surface area contributed by atoms with Crippen LogP contribution < -0.4 is 0 Å². The van der Waals surface area contributed by atoms with Gasteiger partial charge >= 0.3 is 5.97 Å². The van der Waals surface area contributed by atoms with Crippen molar-refractivity contribution in [2.45, 2.75) is 33.2 Å². The number of carboxylic acid groups (broad SMARTS) is 1. The molecule has 0 bridgehead atoms. The molecule has 1 N–H and O–H groups in total. The zero-order valence-corrected chi connectivity index (χ0v) is 9.12. The molecule has 1 heterocycles. The molecule has 0 aromatic rings. The van der Waals surface area contributed by atoms with Gasteiger partial charge in [-0.3, -0.25) is 14.5 Å². The van der Waals surface area contributed by atoms with E-state index in [0.717, 1.165) is 4.90 Å². The van der Waals surface area contributed by atoms with Gasteiger partial charge in [0.1, 0.15) is 5.57 Å². The molecule has 5 nitrogen and oxygen atoms in total. The van der Waals surface area contributed by atoms with E-state index in [1.54, 1.807) is 20.8 Å². The maximum absolute atomic E-state index is 11.7. The standard InChI is InChI=1S/C10H13NO4/c1-5-6(9(14)15)8(13)11(7(5)12)10(2,3)4/h1-4H3,(H,14,15). The van der Waals surface area contributed by atoms with Gasteiger partial charge < -0.3 is 5.11 Å². The molecule has 2 amide bonds. The largest absolute Gasteiger partial charge is 0.477 e. The summed E-state index contributed by atoms with van der Waals surface area (Å²) in [6.07, 6.45) is 0.